The van der Waals surface area contributed by atoms with Crippen molar-refractivity contribution in [2.24, 2.45) is 0 Å². The number of hydrogen-bond donors (Lipinski definition) is 0. The number of ether oxygens (including phenoxy) is 3. The van der Waals surface area contributed by atoms with Crippen LogP contribution in [0, 0.1) is 0 Å². The minimum absolute atomic E-state index is 0.235. The summed E-state index contributed by atoms with van der Waals surface area (Å²) in [7, 11) is 5.08. The van der Waals surface area contributed by atoms with E-state index in [1.807, 2.05) is 6.07 Å². The number of likely N-dealkylation sites (N-methyl/N-ethyl adjacent to an activating group) is 1. The van der Waals surface area contributed by atoms with Crippen molar-refractivity contribution in [3.05, 3.63) is 16.5 Å². The van der Waals surface area contributed by atoms with E-state index in [1.165, 1.54) is 28.9 Å². The van der Waals surface area contributed by atoms with E-state index in [0.29, 0.717) is 11.7 Å². The monoisotopic (exact) mass is 271 g/mol. The van der Waals surface area contributed by atoms with Crippen molar-refractivity contribution in [2.45, 2.75) is 12.5 Å². The molecule has 1 aliphatic rings. The zero-order valence-corrected chi connectivity index (χ0v) is 11.6. The van der Waals surface area contributed by atoms with E-state index in [0.717, 1.165) is 13.0 Å². The zero-order chi connectivity index (χ0) is 13.1. The lowest BCUT2D eigenvalue weighted by Gasteiger charge is -2.31. The first-order valence-electron chi connectivity index (χ1n) is 5.73. The number of methoxy groups -OCH3 is 2. The SMILES string of the molecule is COCC1c2sc(OC(=O)OC)cc2CCN1C. The van der Waals surface area contributed by atoms with Crippen LogP contribution in [0.25, 0.3) is 0 Å². The molecule has 1 aromatic heterocycles. The van der Waals surface area contributed by atoms with Gasteiger partial charge in [0.2, 0.25) is 0 Å². The van der Waals surface area contributed by atoms with Gasteiger partial charge in [0.1, 0.15) is 0 Å². The molecule has 1 aliphatic heterocycles. The van der Waals surface area contributed by atoms with Crippen LogP contribution in [-0.4, -0.2) is 45.5 Å². The van der Waals surface area contributed by atoms with Gasteiger partial charge in [0.15, 0.2) is 5.06 Å². The quantitative estimate of drug-likeness (QED) is 0.788. The van der Waals surface area contributed by atoms with Crippen LogP contribution in [0.5, 0.6) is 5.06 Å². The van der Waals surface area contributed by atoms with Crippen molar-refractivity contribution in [1.29, 1.82) is 0 Å². The molecule has 2 heterocycles. The minimum atomic E-state index is -0.676. The van der Waals surface area contributed by atoms with E-state index in [2.05, 4.69) is 16.7 Å². The Balaban J connectivity index is 2.20. The highest BCUT2D eigenvalue weighted by atomic mass is 32.1. The van der Waals surface area contributed by atoms with Gasteiger partial charge in [0, 0.05) is 18.5 Å². The molecule has 0 saturated heterocycles. The van der Waals surface area contributed by atoms with Gasteiger partial charge in [-0.3, -0.25) is 4.90 Å². The van der Waals surface area contributed by atoms with Crippen molar-refractivity contribution in [1.82, 2.24) is 4.90 Å². The predicted octanol–water partition coefficient (Wildman–Crippen LogP) is 2.07. The summed E-state index contributed by atoms with van der Waals surface area (Å²) in [4.78, 5) is 14.6. The Morgan fingerprint density at radius 2 is 2.33 bits per heavy atom. The summed E-state index contributed by atoms with van der Waals surface area (Å²) in [5, 5.41) is 0.586. The van der Waals surface area contributed by atoms with Crippen molar-refractivity contribution in [3.8, 4) is 5.06 Å². The Morgan fingerprint density at radius 3 is 3.00 bits per heavy atom. The number of carbonyl (C=O) groups excluding carboxylic acids is 1. The molecule has 1 atom stereocenters. The van der Waals surface area contributed by atoms with Gasteiger partial charge in [-0.1, -0.05) is 0 Å². The number of hydrogen-bond acceptors (Lipinski definition) is 6. The smallest absolute Gasteiger partial charge is 0.437 e. The number of rotatable bonds is 3. The third-order valence-corrected chi connectivity index (χ3v) is 4.22. The lowest BCUT2D eigenvalue weighted by molar-refractivity contribution is 0.103. The Labute approximate surface area is 110 Å². The van der Waals surface area contributed by atoms with Crippen molar-refractivity contribution in [2.75, 3.05) is 34.4 Å². The Hall–Kier alpha value is -1.11. The summed E-state index contributed by atoms with van der Waals surface area (Å²) >= 11 is 1.49. The van der Waals surface area contributed by atoms with E-state index >= 15 is 0 Å². The highest BCUT2D eigenvalue weighted by Crippen LogP contribution is 2.39. The average Bonchev–Trinajstić information content (AvgIpc) is 2.75. The van der Waals surface area contributed by atoms with Crippen LogP contribution in [0.15, 0.2) is 6.07 Å². The van der Waals surface area contributed by atoms with Crippen molar-refractivity contribution >= 4 is 17.5 Å². The lowest BCUT2D eigenvalue weighted by Crippen LogP contribution is -2.33. The summed E-state index contributed by atoms with van der Waals surface area (Å²) in [5.41, 5.74) is 1.24. The molecule has 0 aromatic carbocycles. The normalized spacial score (nSPS) is 19.4. The van der Waals surface area contributed by atoms with E-state index in [-0.39, 0.29) is 6.04 Å². The predicted molar refractivity (Wildman–Crippen MR) is 68.3 cm³/mol. The summed E-state index contributed by atoms with van der Waals surface area (Å²) in [5.74, 6) is 0. The van der Waals surface area contributed by atoms with Gasteiger partial charge in [-0.25, -0.2) is 4.79 Å². The summed E-state index contributed by atoms with van der Waals surface area (Å²) in [6.07, 6.45) is 0.290. The second-order valence-electron chi connectivity index (χ2n) is 4.21. The third kappa shape index (κ3) is 2.66. The van der Waals surface area contributed by atoms with Gasteiger partial charge in [-0.15, -0.1) is 11.3 Å². The van der Waals surface area contributed by atoms with Crippen LogP contribution < -0.4 is 4.74 Å². The molecule has 0 saturated carbocycles. The molecule has 0 radical (unpaired) electrons. The van der Waals surface area contributed by atoms with Crippen LogP contribution in [0.3, 0.4) is 0 Å². The summed E-state index contributed by atoms with van der Waals surface area (Å²) in [6.45, 7) is 1.62. The molecule has 2 rings (SSSR count). The molecule has 100 valence electrons. The second kappa shape index (κ2) is 5.69. The Bertz CT molecular complexity index is 432. The van der Waals surface area contributed by atoms with Gasteiger partial charge in [0.25, 0.3) is 0 Å². The molecule has 0 fully saturated rings. The first-order chi connectivity index (χ1) is 8.65. The fourth-order valence-corrected chi connectivity index (χ4v) is 3.29. The van der Waals surface area contributed by atoms with Crippen molar-refractivity contribution < 1.29 is 19.0 Å². The minimum Gasteiger partial charge on any atom is -0.437 e. The average molecular weight is 271 g/mol. The van der Waals surface area contributed by atoms with E-state index in [1.54, 1.807) is 7.11 Å². The molecular weight excluding hydrogens is 254 g/mol. The molecule has 0 aliphatic carbocycles. The molecule has 18 heavy (non-hydrogen) atoms. The maximum absolute atomic E-state index is 11.1. The topological polar surface area (TPSA) is 48.0 Å². The second-order valence-corrected chi connectivity index (χ2v) is 5.26. The number of thiophene rings is 1. The number of fused-ring (bicyclic) bond motifs is 1. The number of nitrogens with zero attached hydrogens (tertiary/aromatic N) is 1. The Kier molecular flexibility index (Phi) is 4.21. The molecule has 1 unspecified atom stereocenters. The maximum Gasteiger partial charge on any atom is 0.514 e. The molecule has 0 N–H and O–H groups in total. The third-order valence-electron chi connectivity index (χ3n) is 3.06. The van der Waals surface area contributed by atoms with E-state index in [9.17, 15) is 4.79 Å². The van der Waals surface area contributed by atoms with Crippen LogP contribution in [0.4, 0.5) is 4.79 Å². The van der Waals surface area contributed by atoms with Gasteiger partial charge in [-0.2, -0.15) is 0 Å². The molecule has 6 heteroatoms. The van der Waals surface area contributed by atoms with Gasteiger partial charge < -0.3 is 14.2 Å². The van der Waals surface area contributed by atoms with Crippen LogP contribution in [0.2, 0.25) is 0 Å². The van der Waals surface area contributed by atoms with Gasteiger partial charge in [-0.05, 0) is 25.1 Å². The van der Waals surface area contributed by atoms with Crippen LogP contribution in [-0.2, 0) is 15.9 Å². The maximum atomic E-state index is 11.1. The molecule has 1 aromatic rings. The number of carbonyl (C=O) groups is 1. The lowest BCUT2D eigenvalue weighted by atomic mass is 10.0. The highest BCUT2D eigenvalue weighted by molar-refractivity contribution is 7.14. The first kappa shape index (κ1) is 13.3. The van der Waals surface area contributed by atoms with E-state index < -0.39 is 6.16 Å². The molecule has 0 bridgehead atoms. The highest BCUT2D eigenvalue weighted by Gasteiger charge is 2.28. The molecular formula is C12H17NO4S. The van der Waals surface area contributed by atoms with Crippen molar-refractivity contribution in [3.63, 3.8) is 0 Å². The van der Waals surface area contributed by atoms with Crippen LogP contribution in [0.1, 0.15) is 16.5 Å². The molecule has 5 nitrogen and oxygen atoms in total. The van der Waals surface area contributed by atoms with Gasteiger partial charge in [0.05, 0.1) is 19.8 Å². The van der Waals surface area contributed by atoms with E-state index in [4.69, 9.17) is 9.47 Å². The van der Waals surface area contributed by atoms with Crippen LogP contribution >= 0.6 is 11.3 Å². The molecule has 0 amide bonds. The Morgan fingerprint density at radius 1 is 1.56 bits per heavy atom. The zero-order valence-electron chi connectivity index (χ0n) is 10.8. The van der Waals surface area contributed by atoms with Gasteiger partial charge >= 0.3 is 6.16 Å². The standard InChI is InChI=1S/C12H17NO4S/c1-13-5-4-8-6-10(17-12(14)16-3)18-11(8)9(13)7-15-2/h6,9H,4-5,7H2,1-3H3. The summed E-state index contributed by atoms with van der Waals surface area (Å²) in [6, 6.07) is 2.16. The molecule has 0 spiro atoms. The fourth-order valence-electron chi connectivity index (χ4n) is 2.08. The summed E-state index contributed by atoms with van der Waals surface area (Å²) < 4.78 is 14.8. The largest absolute Gasteiger partial charge is 0.514 e. The first-order valence-corrected chi connectivity index (χ1v) is 6.55. The fraction of sp³-hybridized carbons (Fsp3) is 0.583.